The lowest BCUT2D eigenvalue weighted by Gasteiger charge is -2.04. The van der Waals surface area contributed by atoms with Gasteiger partial charge >= 0.3 is 0 Å². The molecule has 6 nitrogen and oxygen atoms in total. The van der Waals surface area contributed by atoms with E-state index >= 15 is 0 Å². The molecule has 0 saturated carbocycles. The summed E-state index contributed by atoms with van der Waals surface area (Å²) in [6.45, 7) is 2.31. The second-order valence-electron chi connectivity index (χ2n) is 5.42. The molecule has 0 saturated heterocycles. The maximum Gasteiger partial charge on any atom is 0.297 e. The third-order valence-electron chi connectivity index (χ3n) is 3.45. The minimum Gasteiger partial charge on any atom is -0.260 e. The molecule has 24 heavy (non-hydrogen) atoms. The lowest BCUT2D eigenvalue weighted by Crippen LogP contribution is -2.06. The predicted molar refractivity (Wildman–Crippen MR) is 88.7 cm³/mol. The Kier molecular flexibility index (Phi) is 4.73. The Morgan fingerprint density at radius 1 is 1.04 bits per heavy atom. The number of hydrogen-bond acceptors (Lipinski definition) is 5. The molecule has 0 amide bonds. The Hall–Kier alpha value is -2.51. The fourth-order valence-electron chi connectivity index (χ4n) is 2.16. The number of aromatic nitrogens is 3. The van der Waals surface area contributed by atoms with Crippen LogP contribution in [-0.4, -0.2) is 23.4 Å². The lowest BCUT2D eigenvalue weighted by atomic mass is 10.2. The van der Waals surface area contributed by atoms with Crippen LogP contribution >= 0.6 is 0 Å². The fourth-order valence-corrected chi connectivity index (χ4v) is 3.04. The average Bonchev–Trinajstić information content (AvgIpc) is 3.02. The van der Waals surface area contributed by atoms with Crippen molar-refractivity contribution >= 4 is 10.1 Å². The second kappa shape index (κ2) is 6.94. The van der Waals surface area contributed by atoms with Gasteiger partial charge in [-0.25, -0.2) is 4.68 Å². The van der Waals surface area contributed by atoms with Crippen molar-refractivity contribution in [1.29, 1.82) is 0 Å². The van der Waals surface area contributed by atoms with E-state index in [9.17, 15) is 8.42 Å². The van der Waals surface area contributed by atoms with Gasteiger partial charge in [-0.3, -0.25) is 4.18 Å². The highest BCUT2D eigenvalue weighted by molar-refractivity contribution is 7.86. The molecule has 0 radical (unpaired) electrons. The lowest BCUT2D eigenvalue weighted by molar-refractivity contribution is 0.303. The quantitative estimate of drug-likeness (QED) is 0.643. The van der Waals surface area contributed by atoms with Crippen molar-refractivity contribution < 1.29 is 12.6 Å². The van der Waals surface area contributed by atoms with Gasteiger partial charge in [0.05, 0.1) is 17.6 Å². The van der Waals surface area contributed by atoms with E-state index in [1.54, 1.807) is 23.0 Å². The van der Waals surface area contributed by atoms with E-state index in [0.29, 0.717) is 12.2 Å². The number of rotatable bonds is 6. The van der Waals surface area contributed by atoms with Gasteiger partial charge in [-0.05, 0) is 24.6 Å². The third-order valence-corrected chi connectivity index (χ3v) is 4.72. The molecule has 3 aromatic rings. The van der Waals surface area contributed by atoms with Gasteiger partial charge in [-0.1, -0.05) is 53.2 Å². The van der Waals surface area contributed by atoms with Crippen molar-refractivity contribution in [2.75, 3.05) is 0 Å². The highest BCUT2D eigenvalue weighted by Gasteiger charge is 2.16. The molecule has 1 aromatic heterocycles. The molecule has 0 spiro atoms. The van der Waals surface area contributed by atoms with E-state index in [-0.39, 0.29) is 11.5 Å². The van der Waals surface area contributed by atoms with Crippen LogP contribution in [0.25, 0.3) is 0 Å². The zero-order valence-corrected chi connectivity index (χ0v) is 14.0. The number of benzene rings is 2. The van der Waals surface area contributed by atoms with Gasteiger partial charge in [0, 0.05) is 0 Å². The monoisotopic (exact) mass is 343 g/mol. The summed E-state index contributed by atoms with van der Waals surface area (Å²) in [4.78, 5) is 0.129. The average molecular weight is 343 g/mol. The number of aryl methyl sites for hydroxylation is 1. The molecule has 2 aromatic carbocycles. The summed E-state index contributed by atoms with van der Waals surface area (Å²) in [7, 11) is -3.80. The summed E-state index contributed by atoms with van der Waals surface area (Å²) in [6, 6.07) is 16.3. The highest BCUT2D eigenvalue weighted by atomic mass is 32.2. The normalized spacial score (nSPS) is 11.5. The van der Waals surface area contributed by atoms with Crippen molar-refractivity contribution in [3.8, 4) is 0 Å². The van der Waals surface area contributed by atoms with E-state index < -0.39 is 10.1 Å². The van der Waals surface area contributed by atoms with Crippen molar-refractivity contribution in [3.63, 3.8) is 0 Å². The molecular formula is C17H17N3O3S. The van der Waals surface area contributed by atoms with Crippen LogP contribution in [0, 0.1) is 6.92 Å². The van der Waals surface area contributed by atoms with Crippen molar-refractivity contribution in [2.24, 2.45) is 0 Å². The van der Waals surface area contributed by atoms with Crippen molar-refractivity contribution in [3.05, 3.63) is 77.6 Å². The zero-order valence-electron chi connectivity index (χ0n) is 13.2. The summed E-state index contributed by atoms with van der Waals surface area (Å²) in [5.74, 6) is 0. The molecule has 0 bridgehead atoms. The highest BCUT2D eigenvalue weighted by Crippen LogP contribution is 2.14. The van der Waals surface area contributed by atoms with Crippen LogP contribution in [0.5, 0.6) is 0 Å². The number of nitrogens with zero attached hydrogens (tertiary/aromatic N) is 3. The van der Waals surface area contributed by atoms with E-state index in [1.807, 2.05) is 37.3 Å². The van der Waals surface area contributed by atoms with Crippen molar-refractivity contribution in [1.82, 2.24) is 15.0 Å². The summed E-state index contributed by atoms with van der Waals surface area (Å²) < 4.78 is 31.0. The van der Waals surface area contributed by atoms with Gasteiger partial charge in [0.1, 0.15) is 12.3 Å². The molecular weight excluding hydrogens is 326 g/mol. The van der Waals surface area contributed by atoms with Crippen molar-refractivity contribution in [2.45, 2.75) is 25.0 Å². The molecule has 0 aliphatic carbocycles. The standard InChI is InChI=1S/C17H17N3O3S/c1-14-7-9-17(10-8-14)24(21,22)23-13-16-12-20(19-18-16)11-15-5-3-2-4-6-15/h2-10,12H,11,13H2,1H3. The van der Waals surface area contributed by atoms with Gasteiger partial charge in [-0.2, -0.15) is 8.42 Å². The van der Waals surface area contributed by atoms with E-state index in [4.69, 9.17) is 4.18 Å². The first kappa shape index (κ1) is 16.4. The smallest absolute Gasteiger partial charge is 0.260 e. The summed E-state index contributed by atoms with van der Waals surface area (Å²) in [6.07, 6.45) is 1.68. The molecule has 3 rings (SSSR count). The second-order valence-corrected chi connectivity index (χ2v) is 7.04. The molecule has 0 aliphatic rings. The molecule has 0 N–H and O–H groups in total. The molecule has 7 heteroatoms. The Balaban J connectivity index is 1.64. The largest absolute Gasteiger partial charge is 0.297 e. The predicted octanol–water partition coefficient (Wildman–Crippen LogP) is 2.54. The molecule has 1 heterocycles. The first-order chi connectivity index (χ1) is 11.5. The first-order valence-electron chi connectivity index (χ1n) is 7.42. The topological polar surface area (TPSA) is 74.1 Å². The zero-order chi connectivity index (χ0) is 17.0. The minimum absolute atomic E-state index is 0.129. The fraction of sp³-hybridized carbons (Fsp3) is 0.176. The Bertz CT molecular complexity index is 904. The molecule has 0 fully saturated rings. The van der Waals surface area contributed by atoms with E-state index in [1.165, 1.54) is 12.1 Å². The van der Waals surface area contributed by atoms with Crippen LogP contribution in [0.1, 0.15) is 16.8 Å². The van der Waals surface area contributed by atoms with Crippen LogP contribution in [0.2, 0.25) is 0 Å². The summed E-state index contributed by atoms with van der Waals surface area (Å²) in [5.41, 5.74) is 2.53. The summed E-state index contributed by atoms with van der Waals surface area (Å²) >= 11 is 0. The molecule has 124 valence electrons. The Morgan fingerprint density at radius 3 is 2.46 bits per heavy atom. The van der Waals surface area contributed by atoms with Crippen LogP contribution in [-0.2, 0) is 27.5 Å². The third kappa shape index (κ3) is 4.06. The van der Waals surface area contributed by atoms with Crippen LogP contribution in [0.3, 0.4) is 0 Å². The Morgan fingerprint density at radius 2 is 1.75 bits per heavy atom. The van der Waals surface area contributed by atoms with Crippen LogP contribution in [0.15, 0.2) is 65.7 Å². The van der Waals surface area contributed by atoms with Gasteiger partial charge in [0.2, 0.25) is 0 Å². The Labute approximate surface area is 140 Å². The minimum atomic E-state index is -3.80. The maximum absolute atomic E-state index is 12.1. The number of hydrogen-bond donors (Lipinski definition) is 0. The molecule has 0 aliphatic heterocycles. The van der Waals surface area contributed by atoms with Crippen LogP contribution < -0.4 is 0 Å². The van der Waals surface area contributed by atoms with Gasteiger partial charge in [0.25, 0.3) is 10.1 Å². The SMILES string of the molecule is Cc1ccc(S(=O)(=O)OCc2cn(Cc3ccccc3)nn2)cc1. The maximum atomic E-state index is 12.1. The summed E-state index contributed by atoms with van der Waals surface area (Å²) in [5, 5.41) is 7.94. The van der Waals surface area contributed by atoms with Crippen LogP contribution in [0.4, 0.5) is 0 Å². The van der Waals surface area contributed by atoms with Gasteiger partial charge in [-0.15, -0.1) is 5.10 Å². The first-order valence-corrected chi connectivity index (χ1v) is 8.83. The van der Waals surface area contributed by atoms with Gasteiger partial charge in [0.15, 0.2) is 0 Å². The van der Waals surface area contributed by atoms with E-state index in [2.05, 4.69) is 10.3 Å². The van der Waals surface area contributed by atoms with Gasteiger partial charge < -0.3 is 0 Å². The molecule has 0 unspecified atom stereocenters. The molecule has 0 atom stereocenters. The van der Waals surface area contributed by atoms with E-state index in [0.717, 1.165) is 11.1 Å².